The molecule has 3 atom stereocenters. The molecule has 0 saturated heterocycles. The fourth-order valence-corrected chi connectivity index (χ4v) is 4.40. The number of nitrogens with one attached hydrogen (secondary N) is 1. The second-order valence-electron chi connectivity index (χ2n) is 7.45. The molecular formula is C16H33NO2S. The molecule has 120 valence electrons. The molecular weight excluding hydrogens is 270 g/mol. The molecule has 1 N–H and O–H groups in total. The summed E-state index contributed by atoms with van der Waals surface area (Å²) in [4.78, 5) is 0. The smallest absolute Gasteiger partial charge is 0.147 e. The number of hydrogen-bond acceptors (Lipinski definition) is 3. The summed E-state index contributed by atoms with van der Waals surface area (Å²) < 4.78 is 22.9. The second-order valence-corrected chi connectivity index (χ2v) is 9.71. The lowest BCUT2D eigenvalue weighted by Gasteiger charge is -2.45. The normalized spacial score (nSPS) is 28.6. The Bertz CT molecular complexity index is 389. The van der Waals surface area contributed by atoms with Crippen LogP contribution in [0.5, 0.6) is 0 Å². The van der Waals surface area contributed by atoms with E-state index in [2.05, 4.69) is 33.0 Å². The fraction of sp³-hybridized carbons (Fsp3) is 1.00. The molecule has 0 radical (unpaired) electrons. The van der Waals surface area contributed by atoms with Gasteiger partial charge in [0.05, 0.1) is 5.75 Å². The first kappa shape index (κ1) is 18.0. The van der Waals surface area contributed by atoms with Crippen molar-refractivity contribution in [2.24, 2.45) is 17.3 Å². The Hall–Kier alpha value is -0.0900. The first-order chi connectivity index (χ1) is 9.15. The predicted octanol–water partition coefficient (Wildman–Crippen LogP) is 3.25. The first-order valence-corrected chi connectivity index (χ1v) is 10.1. The minimum Gasteiger partial charge on any atom is -0.314 e. The average molecular weight is 304 g/mol. The van der Waals surface area contributed by atoms with Crippen molar-refractivity contribution in [1.29, 1.82) is 0 Å². The highest BCUT2D eigenvalue weighted by molar-refractivity contribution is 7.90. The van der Waals surface area contributed by atoms with Crippen LogP contribution in [0.25, 0.3) is 0 Å². The number of rotatable bonds is 7. The standard InChI is InChI=1S/C16H33NO2S/c1-6-10-17-15-12-13(2)7-8-14(15)16(3,4)9-11-20(5,18)19/h13-15,17H,6-12H2,1-5H3. The summed E-state index contributed by atoms with van der Waals surface area (Å²) in [6.45, 7) is 10.1. The van der Waals surface area contributed by atoms with E-state index in [1.54, 1.807) is 0 Å². The largest absolute Gasteiger partial charge is 0.314 e. The van der Waals surface area contributed by atoms with E-state index in [0.29, 0.717) is 17.7 Å². The molecule has 0 bridgehead atoms. The minimum atomic E-state index is -2.86. The Morgan fingerprint density at radius 3 is 2.45 bits per heavy atom. The van der Waals surface area contributed by atoms with Gasteiger partial charge in [0.15, 0.2) is 0 Å². The summed E-state index contributed by atoms with van der Waals surface area (Å²) in [5, 5.41) is 3.71. The van der Waals surface area contributed by atoms with E-state index in [0.717, 1.165) is 25.3 Å². The van der Waals surface area contributed by atoms with Crippen molar-refractivity contribution in [3.63, 3.8) is 0 Å². The van der Waals surface area contributed by atoms with E-state index < -0.39 is 9.84 Å². The zero-order valence-corrected chi connectivity index (χ0v) is 14.7. The monoisotopic (exact) mass is 303 g/mol. The zero-order valence-electron chi connectivity index (χ0n) is 13.9. The van der Waals surface area contributed by atoms with E-state index in [-0.39, 0.29) is 5.41 Å². The van der Waals surface area contributed by atoms with Gasteiger partial charge in [-0.25, -0.2) is 8.42 Å². The van der Waals surface area contributed by atoms with Crippen molar-refractivity contribution in [3.05, 3.63) is 0 Å². The number of sulfone groups is 1. The van der Waals surface area contributed by atoms with E-state index in [9.17, 15) is 8.42 Å². The van der Waals surface area contributed by atoms with Crippen LogP contribution in [0.2, 0.25) is 0 Å². The van der Waals surface area contributed by atoms with Crippen LogP contribution in [-0.4, -0.2) is 33.0 Å². The molecule has 1 saturated carbocycles. The summed E-state index contributed by atoms with van der Waals surface area (Å²) in [5.41, 5.74) is 0.0919. The third-order valence-corrected chi connectivity index (χ3v) is 5.84. The van der Waals surface area contributed by atoms with Crippen molar-refractivity contribution in [3.8, 4) is 0 Å². The van der Waals surface area contributed by atoms with Crippen LogP contribution in [0.3, 0.4) is 0 Å². The fourth-order valence-electron chi connectivity index (χ4n) is 3.51. The highest BCUT2D eigenvalue weighted by Crippen LogP contribution is 2.42. The van der Waals surface area contributed by atoms with Gasteiger partial charge in [0.2, 0.25) is 0 Å². The van der Waals surface area contributed by atoms with Gasteiger partial charge in [0.25, 0.3) is 0 Å². The summed E-state index contributed by atoms with van der Waals surface area (Å²) in [6, 6.07) is 0.549. The maximum atomic E-state index is 11.5. The van der Waals surface area contributed by atoms with Gasteiger partial charge in [-0.2, -0.15) is 0 Å². The van der Waals surface area contributed by atoms with Crippen LogP contribution in [-0.2, 0) is 9.84 Å². The zero-order chi connectivity index (χ0) is 15.4. The van der Waals surface area contributed by atoms with Gasteiger partial charge in [-0.15, -0.1) is 0 Å². The number of hydrogen-bond donors (Lipinski definition) is 1. The van der Waals surface area contributed by atoms with Crippen molar-refractivity contribution >= 4 is 9.84 Å². The SMILES string of the molecule is CCCNC1CC(C)CCC1C(C)(C)CCS(C)(=O)=O. The van der Waals surface area contributed by atoms with Gasteiger partial charge in [0, 0.05) is 12.3 Å². The molecule has 3 unspecified atom stereocenters. The summed E-state index contributed by atoms with van der Waals surface area (Å²) in [7, 11) is -2.86. The molecule has 20 heavy (non-hydrogen) atoms. The van der Waals surface area contributed by atoms with Gasteiger partial charge >= 0.3 is 0 Å². The van der Waals surface area contributed by atoms with E-state index in [1.165, 1.54) is 25.5 Å². The molecule has 0 aromatic heterocycles. The molecule has 0 aromatic rings. The molecule has 0 heterocycles. The summed E-state index contributed by atoms with van der Waals surface area (Å²) in [6.07, 6.45) is 7.00. The van der Waals surface area contributed by atoms with E-state index >= 15 is 0 Å². The molecule has 1 aliphatic rings. The minimum absolute atomic E-state index is 0.0919. The van der Waals surface area contributed by atoms with E-state index in [1.807, 2.05) is 0 Å². The van der Waals surface area contributed by atoms with Crippen LogP contribution >= 0.6 is 0 Å². The lowest BCUT2D eigenvalue weighted by molar-refractivity contribution is 0.0914. The van der Waals surface area contributed by atoms with Gasteiger partial charge in [-0.3, -0.25) is 0 Å². The molecule has 0 aromatic carbocycles. The lowest BCUT2D eigenvalue weighted by Crippen LogP contribution is -2.47. The van der Waals surface area contributed by atoms with Crippen molar-refractivity contribution in [2.75, 3.05) is 18.6 Å². The van der Waals surface area contributed by atoms with Crippen LogP contribution in [0.1, 0.15) is 59.8 Å². The third-order valence-electron chi connectivity index (χ3n) is 4.89. The molecule has 1 fully saturated rings. The quantitative estimate of drug-likeness (QED) is 0.785. The van der Waals surface area contributed by atoms with Crippen LogP contribution in [0, 0.1) is 17.3 Å². The van der Waals surface area contributed by atoms with Gasteiger partial charge < -0.3 is 5.32 Å². The topological polar surface area (TPSA) is 46.2 Å². The molecule has 3 nitrogen and oxygen atoms in total. The predicted molar refractivity (Wildman–Crippen MR) is 86.7 cm³/mol. The Labute approximate surface area is 125 Å². The van der Waals surface area contributed by atoms with Gasteiger partial charge in [-0.05, 0) is 49.5 Å². The summed E-state index contributed by atoms with van der Waals surface area (Å²) in [5.74, 6) is 1.69. The van der Waals surface area contributed by atoms with E-state index in [4.69, 9.17) is 0 Å². The molecule has 4 heteroatoms. The molecule has 1 rings (SSSR count). The van der Waals surface area contributed by atoms with Crippen molar-refractivity contribution < 1.29 is 8.42 Å². The molecule has 1 aliphatic carbocycles. The lowest BCUT2D eigenvalue weighted by atomic mass is 9.65. The van der Waals surface area contributed by atoms with Gasteiger partial charge in [0.1, 0.15) is 9.84 Å². The Morgan fingerprint density at radius 1 is 1.25 bits per heavy atom. The molecule has 0 spiro atoms. The van der Waals surface area contributed by atoms with Crippen molar-refractivity contribution in [2.45, 2.75) is 65.8 Å². The van der Waals surface area contributed by atoms with Crippen molar-refractivity contribution in [1.82, 2.24) is 5.32 Å². The second kappa shape index (κ2) is 7.26. The van der Waals surface area contributed by atoms with Crippen LogP contribution in [0.4, 0.5) is 0 Å². The third kappa shape index (κ3) is 5.72. The Kier molecular flexibility index (Phi) is 6.52. The Morgan fingerprint density at radius 2 is 1.90 bits per heavy atom. The molecule has 0 aliphatic heterocycles. The maximum absolute atomic E-state index is 11.5. The highest BCUT2D eigenvalue weighted by Gasteiger charge is 2.38. The summed E-state index contributed by atoms with van der Waals surface area (Å²) >= 11 is 0. The highest BCUT2D eigenvalue weighted by atomic mass is 32.2. The van der Waals surface area contributed by atoms with Crippen LogP contribution < -0.4 is 5.32 Å². The Balaban J connectivity index is 2.72. The van der Waals surface area contributed by atoms with Gasteiger partial charge in [-0.1, -0.05) is 34.1 Å². The van der Waals surface area contributed by atoms with Crippen LogP contribution in [0.15, 0.2) is 0 Å². The first-order valence-electron chi connectivity index (χ1n) is 8.07. The average Bonchev–Trinajstić information content (AvgIpc) is 2.33. The molecule has 0 amide bonds. The maximum Gasteiger partial charge on any atom is 0.147 e.